The number of aromatic amines is 1. The molecule has 1 atom stereocenters. The number of aliphatic imine (C=N–C) groups is 1. The number of nitrogens with one attached hydrogen (secondary N) is 2. The van der Waals surface area contributed by atoms with Gasteiger partial charge >= 0.3 is 12.4 Å². The first kappa shape index (κ1) is 25.3. The molecule has 0 aliphatic heterocycles. The predicted octanol–water partition coefficient (Wildman–Crippen LogP) is 6.23. The second-order valence-corrected chi connectivity index (χ2v) is 7.72. The van der Waals surface area contributed by atoms with E-state index in [1.54, 1.807) is 31.2 Å². The van der Waals surface area contributed by atoms with Gasteiger partial charge in [0, 0.05) is 22.7 Å². The van der Waals surface area contributed by atoms with E-state index in [0.717, 1.165) is 30.3 Å². The van der Waals surface area contributed by atoms with E-state index in [2.05, 4.69) is 20.5 Å². The van der Waals surface area contributed by atoms with E-state index in [-0.39, 0.29) is 23.5 Å². The molecule has 1 unspecified atom stereocenters. The highest BCUT2D eigenvalue weighted by Crippen LogP contribution is 2.29. The van der Waals surface area contributed by atoms with Gasteiger partial charge in [0.15, 0.2) is 5.69 Å². The number of carbonyl (C=O) groups excluding carboxylic acids is 1. The Balaban J connectivity index is 1.86. The SMILES string of the molecule is CC(N=C(Cc1cc(C(F)(F)F)n[nH]1)NC(=O)c1ccc(C(F)(F)F)cc1)c1ccc(Cl)cc1. The van der Waals surface area contributed by atoms with Crippen molar-refractivity contribution in [1.82, 2.24) is 15.5 Å². The van der Waals surface area contributed by atoms with E-state index in [9.17, 15) is 31.1 Å². The van der Waals surface area contributed by atoms with Crippen molar-refractivity contribution >= 4 is 23.3 Å². The first-order chi connectivity index (χ1) is 15.8. The summed E-state index contributed by atoms with van der Waals surface area (Å²) >= 11 is 5.88. The van der Waals surface area contributed by atoms with Gasteiger partial charge in [0.1, 0.15) is 5.84 Å². The molecule has 3 rings (SSSR count). The van der Waals surface area contributed by atoms with E-state index < -0.39 is 35.6 Å². The third kappa shape index (κ3) is 6.60. The van der Waals surface area contributed by atoms with Crippen molar-refractivity contribution in [2.24, 2.45) is 4.99 Å². The fourth-order valence-electron chi connectivity index (χ4n) is 2.96. The summed E-state index contributed by atoms with van der Waals surface area (Å²) in [5.41, 5.74) is -1.40. The van der Waals surface area contributed by atoms with Crippen molar-refractivity contribution < 1.29 is 31.1 Å². The number of halogens is 7. The molecular formula is C22H17ClF6N4O. The van der Waals surface area contributed by atoms with Crippen LogP contribution in [0.15, 0.2) is 59.6 Å². The molecule has 1 aromatic heterocycles. The van der Waals surface area contributed by atoms with E-state index >= 15 is 0 Å². The second kappa shape index (κ2) is 9.88. The molecule has 180 valence electrons. The van der Waals surface area contributed by atoms with Crippen LogP contribution in [-0.2, 0) is 18.8 Å². The number of alkyl halides is 6. The van der Waals surface area contributed by atoms with E-state index in [0.29, 0.717) is 10.6 Å². The number of benzene rings is 2. The Hall–Kier alpha value is -3.34. The summed E-state index contributed by atoms with van der Waals surface area (Å²) < 4.78 is 76.9. The van der Waals surface area contributed by atoms with Gasteiger partial charge in [-0.3, -0.25) is 14.9 Å². The zero-order chi connectivity index (χ0) is 25.1. The number of carbonyl (C=O) groups is 1. The zero-order valence-corrected chi connectivity index (χ0v) is 18.2. The molecule has 2 aromatic carbocycles. The van der Waals surface area contributed by atoms with Crippen molar-refractivity contribution in [3.63, 3.8) is 0 Å². The summed E-state index contributed by atoms with van der Waals surface area (Å²) in [6, 6.07) is 10.4. The van der Waals surface area contributed by atoms with Gasteiger partial charge in [-0.2, -0.15) is 31.4 Å². The lowest BCUT2D eigenvalue weighted by molar-refractivity contribution is -0.141. The average molecular weight is 503 g/mol. The third-order valence-electron chi connectivity index (χ3n) is 4.71. The van der Waals surface area contributed by atoms with Crippen LogP contribution in [0.3, 0.4) is 0 Å². The molecule has 0 saturated carbocycles. The van der Waals surface area contributed by atoms with Crippen LogP contribution in [0.1, 0.15) is 45.8 Å². The van der Waals surface area contributed by atoms with Crippen LogP contribution in [0.5, 0.6) is 0 Å². The fraction of sp³-hybridized carbons (Fsp3) is 0.227. The van der Waals surface area contributed by atoms with Crippen LogP contribution >= 0.6 is 11.6 Å². The van der Waals surface area contributed by atoms with Gasteiger partial charge in [-0.1, -0.05) is 23.7 Å². The van der Waals surface area contributed by atoms with Gasteiger partial charge in [0.05, 0.1) is 11.6 Å². The van der Waals surface area contributed by atoms with Gasteiger partial charge in [0.2, 0.25) is 0 Å². The quantitative estimate of drug-likeness (QED) is 0.246. The Morgan fingerprint density at radius 3 is 2.18 bits per heavy atom. The molecule has 1 amide bonds. The minimum atomic E-state index is -4.66. The monoisotopic (exact) mass is 502 g/mol. The Morgan fingerprint density at radius 2 is 1.65 bits per heavy atom. The van der Waals surface area contributed by atoms with E-state index in [4.69, 9.17) is 11.6 Å². The molecule has 1 heterocycles. The van der Waals surface area contributed by atoms with Crippen LogP contribution in [0.25, 0.3) is 0 Å². The van der Waals surface area contributed by atoms with Crippen molar-refractivity contribution in [2.45, 2.75) is 31.7 Å². The molecule has 3 aromatic rings. The van der Waals surface area contributed by atoms with Crippen molar-refractivity contribution in [3.05, 3.63) is 87.7 Å². The van der Waals surface area contributed by atoms with Crippen molar-refractivity contribution in [3.8, 4) is 0 Å². The molecule has 34 heavy (non-hydrogen) atoms. The maximum atomic E-state index is 12.9. The number of aromatic nitrogens is 2. The Morgan fingerprint density at radius 1 is 1.03 bits per heavy atom. The Kier molecular flexibility index (Phi) is 7.35. The number of hydrogen-bond donors (Lipinski definition) is 2. The molecule has 12 heteroatoms. The second-order valence-electron chi connectivity index (χ2n) is 7.29. The van der Waals surface area contributed by atoms with Gasteiger partial charge in [-0.15, -0.1) is 0 Å². The van der Waals surface area contributed by atoms with Crippen LogP contribution < -0.4 is 5.32 Å². The van der Waals surface area contributed by atoms with Gasteiger partial charge < -0.3 is 5.32 Å². The Bertz CT molecular complexity index is 1170. The summed E-state index contributed by atoms with van der Waals surface area (Å²) in [7, 11) is 0. The lowest BCUT2D eigenvalue weighted by Crippen LogP contribution is -2.32. The first-order valence-corrected chi connectivity index (χ1v) is 10.1. The number of H-pyrrole nitrogens is 1. The molecule has 0 radical (unpaired) electrons. The molecule has 2 N–H and O–H groups in total. The molecular weight excluding hydrogens is 486 g/mol. The Labute approximate surface area is 194 Å². The standard InChI is InChI=1S/C22H17ClF6N4O/c1-12(13-4-8-16(23)9-5-13)30-19(11-17-10-18(33-32-17)22(27,28)29)31-20(34)14-2-6-15(7-3-14)21(24,25)26/h2-10,12H,11H2,1H3,(H,32,33)(H,30,31,34). The molecule has 0 bridgehead atoms. The molecule has 0 aliphatic rings. The molecule has 0 saturated heterocycles. The van der Waals surface area contributed by atoms with Crippen LogP contribution in [0.2, 0.25) is 5.02 Å². The van der Waals surface area contributed by atoms with Crippen LogP contribution in [-0.4, -0.2) is 21.9 Å². The summed E-state index contributed by atoms with van der Waals surface area (Å²) in [5.74, 6) is -0.781. The van der Waals surface area contributed by atoms with Gasteiger partial charge in [-0.05, 0) is 55.0 Å². The van der Waals surface area contributed by atoms with Crippen molar-refractivity contribution in [1.29, 1.82) is 0 Å². The number of hydrogen-bond acceptors (Lipinski definition) is 3. The normalized spacial score (nSPS) is 13.6. The number of rotatable bonds is 5. The summed E-state index contributed by atoms with van der Waals surface area (Å²) in [5, 5.41) is 8.44. The zero-order valence-electron chi connectivity index (χ0n) is 17.4. The number of amides is 1. The molecule has 0 spiro atoms. The van der Waals surface area contributed by atoms with Crippen LogP contribution in [0.4, 0.5) is 26.3 Å². The maximum Gasteiger partial charge on any atom is 0.435 e. The fourth-order valence-corrected chi connectivity index (χ4v) is 3.09. The summed E-state index contributed by atoms with van der Waals surface area (Å²) in [6.07, 6.45) is -9.47. The minimum Gasteiger partial charge on any atom is -0.310 e. The van der Waals surface area contributed by atoms with E-state index in [1.807, 2.05) is 0 Å². The molecule has 5 nitrogen and oxygen atoms in total. The predicted molar refractivity (Wildman–Crippen MR) is 114 cm³/mol. The van der Waals surface area contributed by atoms with Gasteiger partial charge in [0.25, 0.3) is 5.91 Å². The maximum absolute atomic E-state index is 12.9. The van der Waals surface area contributed by atoms with Crippen molar-refractivity contribution in [2.75, 3.05) is 0 Å². The van der Waals surface area contributed by atoms with Crippen LogP contribution in [0, 0.1) is 0 Å². The topological polar surface area (TPSA) is 70.1 Å². The van der Waals surface area contributed by atoms with E-state index in [1.165, 1.54) is 0 Å². The minimum absolute atomic E-state index is 0.00952. The highest BCUT2D eigenvalue weighted by Gasteiger charge is 2.34. The lowest BCUT2D eigenvalue weighted by atomic mass is 10.1. The van der Waals surface area contributed by atoms with Gasteiger partial charge in [-0.25, -0.2) is 0 Å². The lowest BCUT2D eigenvalue weighted by Gasteiger charge is -2.13. The highest BCUT2D eigenvalue weighted by molar-refractivity contribution is 6.30. The first-order valence-electron chi connectivity index (χ1n) is 9.75. The summed E-state index contributed by atoms with van der Waals surface area (Å²) in [6.45, 7) is 1.70. The highest BCUT2D eigenvalue weighted by atomic mass is 35.5. The number of amidine groups is 1. The molecule has 0 aliphatic carbocycles. The summed E-state index contributed by atoms with van der Waals surface area (Å²) in [4.78, 5) is 17.0. The third-order valence-corrected chi connectivity index (χ3v) is 4.97. The number of nitrogens with zero attached hydrogens (tertiary/aromatic N) is 2. The largest absolute Gasteiger partial charge is 0.435 e. The smallest absolute Gasteiger partial charge is 0.310 e. The average Bonchev–Trinajstić information content (AvgIpc) is 3.22. The molecule has 0 fully saturated rings.